The molecular weight excluding hydrogens is 285 g/mol. The molecule has 0 aliphatic heterocycles. The van der Waals surface area contributed by atoms with E-state index in [4.69, 9.17) is 23.2 Å². The molecule has 0 bridgehead atoms. The van der Waals surface area contributed by atoms with Gasteiger partial charge in [-0.05, 0) is 31.2 Å². The minimum atomic E-state index is -0.182. The lowest BCUT2D eigenvalue weighted by Gasteiger charge is -2.03. The van der Waals surface area contributed by atoms with Gasteiger partial charge in [0.2, 0.25) is 0 Å². The van der Waals surface area contributed by atoms with Gasteiger partial charge in [0.25, 0.3) is 5.91 Å². The van der Waals surface area contributed by atoms with Crippen molar-refractivity contribution in [2.24, 2.45) is 0 Å². The molecule has 0 fully saturated rings. The Balaban J connectivity index is 2.00. The van der Waals surface area contributed by atoms with Crippen molar-refractivity contribution in [2.75, 3.05) is 0 Å². The lowest BCUT2D eigenvalue weighted by atomic mass is 10.2. The summed E-state index contributed by atoms with van der Waals surface area (Å²) in [7, 11) is 0. The molecule has 1 amide bonds. The average Bonchev–Trinajstić information content (AvgIpc) is 2.77. The molecule has 1 heterocycles. The zero-order valence-corrected chi connectivity index (χ0v) is 11.9. The van der Waals surface area contributed by atoms with E-state index in [2.05, 4.69) is 10.4 Å². The number of benzene rings is 1. The van der Waals surface area contributed by atoms with Gasteiger partial charge in [-0.25, -0.2) is 0 Å². The number of carbonyl (C=O) groups excluding carboxylic acids is 1. The molecule has 0 unspecified atom stereocenters. The lowest BCUT2D eigenvalue weighted by Crippen LogP contribution is -2.23. The molecule has 100 valence electrons. The molecule has 6 heteroatoms. The van der Waals surface area contributed by atoms with Crippen molar-refractivity contribution in [3.05, 3.63) is 51.8 Å². The van der Waals surface area contributed by atoms with Gasteiger partial charge in [-0.15, -0.1) is 0 Å². The molecule has 2 aromatic rings. The van der Waals surface area contributed by atoms with Gasteiger partial charge < -0.3 is 5.32 Å². The smallest absolute Gasteiger partial charge is 0.251 e. The van der Waals surface area contributed by atoms with Gasteiger partial charge in [-0.2, -0.15) is 5.10 Å². The van der Waals surface area contributed by atoms with Crippen LogP contribution >= 0.6 is 23.2 Å². The second-order valence-corrected chi connectivity index (χ2v) is 4.81. The Bertz CT molecular complexity index is 578. The standard InChI is InChI=1S/C13H13Cl2N3O/c1-2-18-8-11(15)12(17-18)7-16-13(19)9-3-5-10(14)6-4-9/h3-6,8H,2,7H2,1H3,(H,16,19). The van der Waals surface area contributed by atoms with Crippen molar-refractivity contribution >= 4 is 29.1 Å². The Labute approximate surface area is 121 Å². The van der Waals surface area contributed by atoms with E-state index in [9.17, 15) is 4.79 Å². The van der Waals surface area contributed by atoms with Gasteiger partial charge in [0, 0.05) is 23.3 Å². The number of rotatable bonds is 4. The van der Waals surface area contributed by atoms with Gasteiger partial charge in [0.05, 0.1) is 11.6 Å². The molecule has 0 radical (unpaired) electrons. The molecule has 0 saturated carbocycles. The number of hydrogen-bond acceptors (Lipinski definition) is 2. The van der Waals surface area contributed by atoms with Crippen LogP contribution < -0.4 is 5.32 Å². The molecular formula is C13H13Cl2N3O. The summed E-state index contributed by atoms with van der Waals surface area (Å²) in [5.41, 5.74) is 1.21. The summed E-state index contributed by atoms with van der Waals surface area (Å²) in [5.74, 6) is -0.182. The van der Waals surface area contributed by atoms with Gasteiger partial charge >= 0.3 is 0 Å². The Hall–Kier alpha value is -1.52. The van der Waals surface area contributed by atoms with E-state index in [-0.39, 0.29) is 5.91 Å². The lowest BCUT2D eigenvalue weighted by molar-refractivity contribution is 0.0950. The first-order valence-electron chi connectivity index (χ1n) is 5.85. The van der Waals surface area contributed by atoms with Gasteiger partial charge in [0.1, 0.15) is 5.69 Å². The normalized spacial score (nSPS) is 10.5. The molecule has 1 N–H and O–H groups in total. The number of amides is 1. The predicted molar refractivity (Wildman–Crippen MR) is 75.5 cm³/mol. The van der Waals surface area contributed by atoms with Crippen LogP contribution in [0.25, 0.3) is 0 Å². The summed E-state index contributed by atoms with van der Waals surface area (Å²) in [6, 6.07) is 6.69. The number of nitrogens with one attached hydrogen (secondary N) is 1. The molecule has 0 aliphatic rings. The van der Waals surface area contributed by atoms with Crippen molar-refractivity contribution in [1.82, 2.24) is 15.1 Å². The van der Waals surface area contributed by atoms with Crippen LogP contribution in [0.2, 0.25) is 10.0 Å². The summed E-state index contributed by atoms with van der Waals surface area (Å²) in [6.45, 7) is 3.01. The zero-order valence-electron chi connectivity index (χ0n) is 10.4. The van der Waals surface area contributed by atoms with Crippen molar-refractivity contribution < 1.29 is 4.79 Å². The Morgan fingerprint density at radius 3 is 2.58 bits per heavy atom. The first-order chi connectivity index (χ1) is 9.10. The second kappa shape index (κ2) is 6.08. The topological polar surface area (TPSA) is 46.9 Å². The van der Waals surface area contributed by atoms with Crippen molar-refractivity contribution in [1.29, 1.82) is 0 Å². The highest BCUT2D eigenvalue weighted by atomic mass is 35.5. The number of halogens is 2. The summed E-state index contributed by atoms with van der Waals surface area (Å²) in [5, 5.41) is 8.18. The van der Waals surface area contributed by atoms with E-state index in [0.29, 0.717) is 27.8 Å². The fraction of sp³-hybridized carbons (Fsp3) is 0.231. The highest BCUT2D eigenvalue weighted by molar-refractivity contribution is 6.31. The van der Waals surface area contributed by atoms with E-state index in [1.165, 1.54) is 0 Å². The molecule has 0 aliphatic carbocycles. The number of aromatic nitrogens is 2. The predicted octanol–water partition coefficient (Wildman–Crippen LogP) is 3.14. The van der Waals surface area contributed by atoms with Crippen LogP contribution in [0.5, 0.6) is 0 Å². The Kier molecular flexibility index (Phi) is 4.45. The minimum Gasteiger partial charge on any atom is -0.346 e. The maximum absolute atomic E-state index is 11.9. The fourth-order valence-corrected chi connectivity index (χ4v) is 1.93. The molecule has 2 rings (SSSR count). The van der Waals surface area contributed by atoms with E-state index in [1.807, 2.05) is 6.92 Å². The third kappa shape index (κ3) is 3.49. The summed E-state index contributed by atoms with van der Waals surface area (Å²) >= 11 is 11.8. The molecule has 0 saturated heterocycles. The summed E-state index contributed by atoms with van der Waals surface area (Å²) < 4.78 is 1.73. The van der Waals surface area contributed by atoms with Crippen LogP contribution in [0.15, 0.2) is 30.5 Å². The van der Waals surface area contributed by atoms with Gasteiger partial charge in [-0.1, -0.05) is 23.2 Å². The van der Waals surface area contributed by atoms with Crippen LogP contribution in [0.4, 0.5) is 0 Å². The maximum Gasteiger partial charge on any atom is 0.251 e. The molecule has 1 aromatic carbocycles. The summed E-state index contributed by atoms with van der Waals surface area (Å²) in [4.78, 5) is 11.9. The third-order valence-electron chi connectivity index (χ3n) is 2.63. The van der Waals surface area contributed by atoms with Crippen LogP contribution in [0.1, 0.15) is 23.0 Å². The first kappa shape index (κ1) is 13.9. The van der Waals surface area contributed by atoms with Crippen LogP contribution in [0.3, 0.4) is 0 Å². The Morgan fingerprint density at radius 1 is 1.32 bits per heavy atom. The molecule has 0 atom stereocenters. The van der Waals surface area contributed by atoms with E-state index >= 15 is 0 Å². The molecule has 0 spiro atoms. The van der Waals surface area contributed by atoms with Gasteiger partial charge in [0.15, 0.2) is 0 Å². The van der Waals surface area contributed by atoms with Crippen molar-refractivity contribution in [3.8, 4) is 0 Å². The molecule has 4 nitrogen and oxygen atoms in total. The van der Waals surface area contributed by atoms with Crippen LogP contribution in [0, 0.1) is 0 Å². The van der Waals surface area contributed by atoms with E-state index < -0.39 is 0 Å². The maximum atomic E-state index is 11.9. The third-order valence-corrected chi connectivity index (χ3v) is 3.20. The zero-order chi connectivity index (χ0) is 13.8. The number of aryl methyl sites for hydroxylation is 1. The highest BCUT2D eigenvalue weighted by Crippen LogP contribution is 2.14. The van der Waals surface area contributed by atoms with E-state index in [0.717, 1.165) is 6.54 Å². The monoisotopic (exact) mass is 297 g/mol. The first-order valence-corrected chi connectivity index (χ1v) is 6.61. The van der Waals surface area contributed by atoms with Crippen molar-refractivity contribution in [2.45, 2.75) is 20.0 Å². The SMILES string of the molecule is CCn1cc(Cl)c(CNC(=O)c2ccc(Cl)cc2)n1. The van der Waals surface area contributed by atoms with Crippen molar-refractivity contribution in [3.63, 3.8) is 0 Å². The second-order valence-electron chi connectivity index (χ2n) is 3.97. The number of hydrogen-bond donors (Lipinski definition) is 1. The highest BCUT2D eigenvalue weighted by Gasteiger charge is 2.09. The molecule has 1 aromatic heterocycles. The average molecular weight is 298 g/mol. The largest absolute Gasteiger partial charge is 0.346 e. The van der Waals surface area contributed by atoms with Crippen LogP contribution in [-0.2, 0) is 13.1 Å². The summed E-state index contributed by atoms with van der Waals surface area (Å²) in [6.07, 6.45) is 1.74. The minimum absolute atomic E-state index is 0.182. The Morgan fingerprint density at radius 2 is 2.00 bits per heavy atom. The molecule has 19 heavy (non-hydrogen) atoms. The number of nitrogens with zero attached hydrogens (tertiary/aromatic N) is 2. The fourth-order valence-electron chi connectivity index (χ4n) is 1.59. The van der Waals surface area contributed by atoms with Gasteiger partial charge in [-0.3, -0.25) is 9.48 Å². The van der Waals surface area contributed by atoms with Crippen LogP contribution in [-0.4, -0.2) is 15.7 Å². The quantitative estimate of drug-likeness (QED) is 0.942. The number of carbonyl (C=O) groups is 1. The van der Waals surface area contributed by atoms with E-state index in [1.54, 1.807) is 35.1 Å².